The summed E-state index contributed by atoms with van der Waals surface area (Å²) in [6, 6.07) is 0. The third-order valence-electron chi connectivity index (χ3n) is 12.0. The van der Waals surface area contributed by atoms with E-state index in [1.807, 2.05) is 6.92 Å². The number of fused-ring (bicyclic) bond motifs is 3. The number of hydrogen-bond donors (Lipinski definition) is 0. The van der Waals surface area contributed by atoms with E-state index < -0.39 is 5.41 Å². The van der Waals surface area contributed by atoms with Crippen LogP contribution in [0.3, 0.4) is 0 Å². The summed E-state index contributed by atoms with van der Waals surface area (Å²) in [4.78, 5) is 39.3. The van der Waals surface area contributed by atoms with E-state index in [-0.39, 0.29) is 54.0 Å². The molecule has 0 aliphatic heterocycles. The average molecular weight is 537 g/mol. The Morgan fingerprint density at radius 1 is 0.641 bits per heavy atom. The van der Waals surface area contributed by atoms with Gasteiger partial charge in [0.25, 0.3) is 0 Å². The van der Waals surface area contributed by atoms with Crippen LogP contribution < -0.4 is 0 Å². The monoisotopic (exact) mass is 536 g/mol. The predicted octanol–water partition coefficient (Wildman–Crippen LogP) is 6.25. The molecule has 6 nitrogen and oxygen atoms in total. The Hall–Kier alpha value is -2.37. The van der Waals surface area contributed by atoms with Gasteiger partial charge in [0.05, 0.1) is 5.41 Å². The Morgan fingerprint density at radius 3 is 1.15 bits per heavy atom. The van der Waals surface area contributed by atoms with Crippen molar-refractivity contribution in [1.82, 2.24) is 0 Å². The fourth-order valence-corrected chi connectivity index (χ4v) is 8.71. The zero-order chi connectivity index (χ0) is 27.6. The van der Waals surface area contributed by atoms with Crippen LogP contribution in [0.1, 0.15) is 90.4 Å². The smallest absolute Gasteiger partial charge is 0.334 e. The standard InChI is InChI=1S/C33H44O6/c1-5-30(18-37-27(34)21(2)31-12-6-9-24(31)15-31,19-38-28(35)22(3)32-13-7-10-25(32)16-32)20-39-29(36)23(4)33-14-8-11-26(33)17-33/h24-26H,2-20H2,1H3. The van der Waals surface area contributed by atoms with E-state index in [4.69, 9.17) is 14.2 Å². The van der Waals surface area contributed by atoms with Crippen molar-refractivity contribution in [2.24, 2.45) is 39.4 Å². The summed E-state index contributed by atoms with van der Waals surface area (Å²) in [6.45, 7) is 14.3. The highest BCUT2D eigenvalue weighted by Gasteiger charge is 2.62. The molecule has 0 aromatic rings. The average Bonchev–Trinajstić information content (AvgIpc) is 3.87. The lowest BCUT2D eigenvalue weighted by Gasteiger charge is -2.32. The zero-order valence-corrected chi connectivity index (χ0v) is 23.6. The molecule has 39 heavy (non-hydrogen) atoms. The Bertz CT molecular complexity index is 999. The molecule has 6 saturated carbocycles. The third kappa shape index (κ3) is 4.32. The highest BCUT2D eigenvalue weighted by molar-refractivity contribution is 5.91. The maximum atomic E-state index is 13.1. The van der Waals surface area contributed by atoms with Crippen molar-refractivity contribution >= 4 is 17.9 Å². The van der Waals surface area contributed by atoms with Gasteiger partial charge in [-0.1, -0.05) is 45.9 Å². The lowest BCUT2D eigenvalue weighted by atomic mass is 9.87. The molecule has 6 rings (SSSR count). The molecule has 0 spiro atoms. The maximum Gasteiger partial charge on any atom is 0.334 e. The van der Waals surface area contributed by atoms with Crippen LogP contribution in [0.15, 0.2) is 36.5 Å². The summed E-state index contributed by atoms with van der Waals surface area (Å²) in [5.41, 5.74) is 0.586. The summed E-state index contributed by atoms with van der Waals surface area (Å²) in [5.74, 6) is 0.486. The lowest BCUT2D eigenvalue weighted by Crippen LogP contribution is -2.40. The minimum atomic E-state index is -0.856. The number of carbonyl (C=O) groups is 3. The van der Waals surface area contributed by atoms with Crippen LogP contribution in [0, 0.1) is 39.4 Å². The topological polar surface area (TPSA) is 78.9 Å². The quantitative estimate of drug-likeness (QED) is 0.157. The molecular weight excluding hydrogens is 492 g/mol. The first-order chi connectivity index (χ1) is 18.6. The molecule has 0 amide bonds. The Labute approximate surface area is 232 Å². The molecular formula is C33H44O6. The molecule has 6 unspecified atom stereocenters. The van der Waals surface area contributed by atoms with E-state index in [0.29, 0.717) is 40.9 Å². The van der Waals surface area contributed by atoms with Gasteiger partial charge in [0.15, 0.2) is 0 Å². The third-order valence-corrected chi connectivity index (χ3v) is 12.0. The van der Waals surface area contributed by atoms with Gasteiger partial charge in [-0.3, -0.25) is 0 Å². The summed E-state index contributed by atoms with van der Waals surface area (Å²) in [6.07, 6.45) is 13.4. The molecule has 6 aliphatic carbocycles. The fourth-order valence-electron chi connectivity index (χ4n) is 8.71. The Kier molecular flexibility index (Phi) is 6.43. The Morgan fingerprint density at radius 2 is 0.949 bits per heavy atom. The van der Waals surface area contributed by atoms with Gasteiger partial charge < -0.3 is 14.2 Å². The molecule has 0 bridgehead atoms. The second-order valence-electron chi connectivity index (χ2n) is 13.9. The summed E-state index contributed by atoms with van der Waals surface area (Å²) in [7, 11) is 0. The van der Waals surface area contributed by atoms with Crippen LogP contribution in [0.4, 0.5) is 0 Å². The van der Waals surface area contributed by atoms with Gasteiger partial charge in [-0.15, -0.1) is 0 Å². The summed E-state index contributed by atoms with van der Waals surface area (Å²) < 4.78 is 17.5. The van der Waals surface area contributed by atoms with E-state index in [1.54, 1.807) is 0 Å². The number of rotatable bonds is 13. The van der Waals surface area contributed by atoms with Crippen LogP contribution >= 0.6 is 0 Å². The number of carbonyl (C=O) groups excluding carboxylic acids is 3. The SMILES string of the molecule is C=C(C(=O)OCC(CC)(COC(=O)C(=C)C12CCCC1C2)COC(=O)C(=C)C12CCCC1C2)C12CCCC1C2. The van der Waals surface area contributed by atoms with Crippen LogP contribution in [-0.2, 0) is 28.6 Å². The number of hydrogen-bond acceptors (Lipinski definition) is 6. The lowest BCUT2D eigenvalue weighted by molar-refractivity contribution is -0.158. The molecule has 0 saturated heterocycles. The van der Waals surface area contributed by atoms with E-state index in [9.17, 15) is 14.4 Å². The van der Waals surface area contributed by atoms with Crippen molar-refractivity contribution in [3.05, 3.63) is 36.5 Å². The van der Waals surface area contributed by atoms with Crippen LogP contribution in [0.2, 0.25) is 0 Å². The largest absolute Gasteiger partial charge is 0.461 e. The van der Waals surface area contributed by atoms with Crippen molar-refractivity contribution in [3.63, 3.8) is 0 Å². The van der Waals surface area contributed by atoms with Gasteiger partial charge in [0, 0.05) is 33.0 Å². The van der Waals surface area contributed by atoms with E-state index in [2.05, 4.69) is 19.7 Å². The van der Waals surface area contributed by atoms with Gasteiger partial charge in [-0.05, 0) is 82.0 Å². The maximum absolute atomic E-state index is 13.1. The van der Waals surface area contributed by atoms with Gasteiger partial charge in [-0.2, -0.15) is 0 Å². The van der Waals surface area contributed by atoms with Crippen molar-refractivity contribution in [2.45, 2.75) is 90.4 Å². The first kappa shape index (κ1) is 26.8. The molecule has 6 atom stereocenters. The highest BCUT2D eigenvalue weighted by atomic mass is 16.6. The second-order valence-corrected chi connectivity index (χ2v) is 13.9. The van der Waals surface area contributed by atoms with Crippen molar-refractivity contribution in [1.29, 1.82) is 0 Å². The van der Waals surface area contributed by atoms with Gasteiger partial charge in [0.1, 0.15) is 19.8 Å². The van der Waals surface area contributed by atoms with Gasteiger partial charge in [0.2, 0.25) is 0 Å². The highest BCUT2D eigenvalue weighted by Crippen LogP contribution is 2.69. The van der Waals surface area contributed by atoms with Crippen molar-refractivity contribution in [3.8, 4) is 0 Å². The molecule has 0 heterocycles. The van der Waals surface area contributed by atoms with E-state index >= 15 is 0 Å². The molecule has 6 aliphatic rings. The Balaban J connectivity index is 1.11. The number of ether oxygens (including phenoxy) is 3. The van der Waals surface area contributed by atoms with E-state index in [0.717, 1.165) is 77.0 Å². The molecule has 212 valence electrons. The van der Waals surface area contributed by atoms with Crippen molar-refractivity contribution < 1.29 is 28.6 Å². The zero-order valence-electron chi connectivity index (χ0n) is 23.6. The molecule has 6 fully saturated rings. The predicted molar refractivity (Wildman–Crippen MR) is 146 cm³/mol. The molecule has 0 N–H and O–H groups in total. The summed E-state index contributed by atoms with van der Waals surface area (Å²) >= 11 is 0. The van der Waals surface area contributed by atoms with E-state index in [1.165, 1.54) is 0 Å². The molecule has 0 aromatic carbocycles. The fraction of sp³-hybridized carbons (Fsp3) is 0.727. The minimum absolute atomic E-state index is 0.0108. The molecule has 0 radical (unpaired) electrons. The number of esters is 3. The summed E-state index contributed by atoms with van der Waals surface area (Å²) in [5, 5.41) is 0. The first-order valence-electron chi connectivity index (χ1n) is 15.2. The molecule has 0 aromatic heterocycles. The van der Waals surface area contributed by atoms with Crippen LogP contribution in [-0.4, -0.2) is 37.7 Å². The van der Waals surface area contributed by atoms with Crippen LogP contribution in [0.25, 0.3) is 0 Å². The normalized spacial score (nSPS) is 37.9. The van der Waals surface area contributed by atoms with Crippen molar-refractivity contribution in [2.75, 3.05) is 19.8 Å². The minimum Gasteiger partial charge on any atom is -0.461 e. The second kappa shape index (κ2) is 9.34. The van der Waals surface area contributed by atoms with Gasteiger partial charge >= 0.3 is 17.9 Å². The van der Waals surface area contributed by atoms with Crippen LogP contribution in [0.5, 0.6) is 0 Å². The van der Waals surface area contributed by atoms with Gasteiger partial charge in [-0.25, -0.2) is 14.4 Å². The first-order valence-corrected chi connectivity index (χ1v) is 15.2. The molecule has 6 heteroatoms.